The maximum absolute atomic E-state index is 12.3. The van der Waals surface area contributed by atoms with Gasteiger partial charge in [0.1, 0.15) is 5.60 Å². The molecule has 8 nitrogen and oxygen atoms in total. The lowest BCUT2D eigenvalue weighted by molar-refractivity contribution is 0.0448. The quantitative estimate of drug-likeness (QED) is 0.447. The first-order valence-corrected chi connectivity index (χ1v) is 11.0. The lowest BCUT2D eigenvalue weighted by Gasteiger charge is -2.34. The Morgan fingerprint density at radius 1 is 1.24 bits per heavy atom. The number of rotatable bonds is 8. The Hall–Kier alpha value is -2.29. The van der Waals surface area contributed by atoms with Gasteiger partial charge in [0.15, 0.2) is 10.9 Å². The molecule has 162 valence electrons. The Bertz CT molecular complexity index is 788. The minimum atomic E-state index is -0.528. The molecule has 0 spiro atoms. The zero-order valence-electron chi connectivity index (χ0n) is 18.3. The van der Waals surface area contributed by atoms with Crippen LogP contribution in [0.15, 0.2) is 22.8 Å². The summed E-state index contributed by atoms with van der Waals surface area (Å²) in [4.78, 5) is 22.5. The van der Waals surface area contributed by atoms with Gasteiger partial charge in [-0.2, -0.15) is 0 Å². The van der Waals surface area contributed by atoms with Gasteiger partial charge in [-0.3, -0.25) is 4.40 Å². The molecule has 0 bridgehead atoms. The number of thiazole rings is 1. The standard InChI is InChI=1S/C20H34N6O2S/c1-7-20(8-2,25-18(27)28-19(4,5)6)14-23-16(21-9-3)22-12-15-13-26-10-11-29-17(26)24-15/h10-11,13H,7-9,12,14H2,1-6H3,(H,25,27)(H2,21,22,23). The molecular weight excluding hydrogens is 388 g/mol. The third kappa shape index (κ3) is 6.92. The second kappa shape index (κ2) is 9.96. The van der Waals surface area contributed by atoms with E-state index < -0.39 is 17.2 Å². The van der Waals surface area contributed by atoms with E-state index in [1.54, 1.807) is 11.3 Å². The Labute approximate surface area is 177 Å². The fourth-order valence-electron chi connectivity index (χ4n) is 2.85. The number of aliphatic imine (C=N–C) groups is 1. The number of nitrogens with one attached hydrogen (secondary N) is 3. The molecule has 0 saturated carbocycles. The van der Waals surface area contributed by atoms with Crippen molar-refractivity contribution in [1.82, 2.24) is 25.3 Å². The van der Waals surface area contributed by atoms with Crippen LogP contribution in [-0.4, -0.2) is 45.7 Å². The first-order valence-electron chi connectivity index (χ1n) is 10.1. The van der Waals surface area contributed by atoms with E-state index in [2.05, 4.69) is 39.8 Å². The molecule has 3 N–H and O–H groups in total. The number of alkyl carbamates (subject to hydrolysis) is 1. The molecule has 9 heteroatoms. The molecule has 0 saturated heterocycles. The number of fused-ring (bicyclic) bond motifs is 1. The minimum absolute atomic E-state index is 0.400. The van der Waals surface area contributed by atoms with Crippen molar-refractivity contribution in [2.75, 3.05) is 13.1 Å². The normalized spacial score (nSPS) is 12.8. The highest BCUT2D eigenvalue weighted by molar-refractivity contribution is 7.15. The number of imidazole rings is 1. The van der Waals surface area contributed by atoms with Crippen LogP contribution in [-0.2, 0) is 11.3 Å². The maximum Gasteiger partial charge on any atom is 0.408 e. The average Bonchev–Trinajstić information content (AvgIpc) is 3.23. The fourth-order valence-corrected chi connectivity index (χ4v) is 3.57. The van der Waals surface area contributed by atoms with Gasteiger partial charge in [-0.05, 0) is 40.5 Å². The summed E-state index contributed by atoms with van der Waals surface area (Å²) in [6.45, 7) is 13.5. The third-order valence-electron chi connectivity index (χ3n) is 4.60. The van der Waals surface area contributed by atoms with E-state index in [-0.39, 0.29) is 0 Å². The summed E-state index contributed by atoms with van der Waals surface area (Å²) in [6.07, 6.45) is 5.12. The summed E-state index contributed by atoms with van der Waals surface area (Å²) in [5.41, 5.74) is -0.0345. The summed E-state index contributed by atoms with van der Waals surface area (Å²) in [5.74, 6) is 0.695. The predicted octanol–water partition coefficient (Wildman–Crippen LogP) is 3.53. The summed E-state index contributed by atoms with van der Waals surface area (Å²) >= 11 is 1.60. The molecule has 2 rings (SSSR count). The Kier molecular flexibility index (Phi) is 7.89. The Morgan fingerprint density at radius 2 is 1.97 bits per heavy atom. The van der Waals surface area contributed by atoms with Crippen LogP contribution in [0.1, 0.15) is 60.1 Å². The van der Waals surface area contributed by atoms with Gasteiger partial charge in [-0.1, -0.05) is 13.8 Å². The lowest BCUT2D eigenvalue weighted by atomic mass is 9.93. The molecule has 1 amide bonds. The van der Waals surface area contributed by atoms with Gasteiger partial charge in [0, 0.05) is 30.9 Å². The molecule has 0 aromatic carbocycles. The fraction of sp³-hybridized carbons (Fsp3) is 0.650. The van der Waals surface area contributed by atoms with Gasteiger partial charge >= 0.3 is 6.09 Å². The summed E-state index contributed by atoms with van der Waals surface area (Å²) in [5, 5.41) is 11.7. The molecule has 0 radical (unpaired) electrons. The largest absolute Gasteiger partial charge is 0.444 e. The molecule has 29 heavy (non-hydrogen) atoms. The number of amides is 1. The number of carbonyl (C=O) groups is 1. The van der Waals surface area contributed by atoms with E-state index in [0.717, 1.165) is 30.0 Å². The molecule has 0 aliphatic rings. The van der Waals surface area contributed by atoms with Crippen LogP contribution in [0.2, 0.25) is 0 Å². The van der Waals surface area contributed by atoms with Crippen molar-refractivity contribution in [2.24, 2.45) is 4.99 Å². The van der Waals surface area contributed by atoms with Crippen molar-refractivity contribution in [3.63, 3.8) is 0 Å². The van der Waals surface area contributed by atoms with Crippen molar-refractivity contribution in [3.05, 3.63) is 23.5 Å². The van der Waals surface area contributed by atoms with Crippen LogP contribution in [0.3, 0.4) is 0 Å². The second-order valence-electron chi connectivity index (χ2n) is 7.99. The van der Waals surface area contributed by atoms with E-state index in [0.29, 0.717) is 19.0 Å². The summed E-state index contributed by atoms with van der Waals surface area (Å²) in [6, 6.07) is 0. The van der Waals surface area contributed by atoms with E-state index in [4.69, 9.17) is 4.74 Å². The van der Waals surface area contributed by atoms with Crippen LogP contribution in [0.4, 0.5) is 4.79 Å². The topological polar surface area (TPSA) is 92.0 Å². The predicted molar refractivity (Wildman–Crippen MR) is 119 cm³/mol. The van der Waals surface area contributed by atoms with Crippen LogP contribution >= 0.6 is 11.3 Å². The molecule has 2 aromatic heterocycles. The number of carbonyl (C=O) groups excluding carboxylic acids is 1. The molecule has 0 unspecified atom stereocenters. The molecule has 2 aromatic rings. The number of aromatic nitrogens is 2. The highest BCUT2D eigenvalue weighted by Crippen LogP contribution is 2.16. The van der Waals surface area contributed by atoms with Crippen LogP contribution in [0, 0.1) is 0 Å². The van der Waals surface area contributed by atoms with Gasteiger partial charge in [0.2, 0.25) is 0 Å². The van der Waals surface area contributed by atoms with Crippen molar-refractivity contribution >= 4 is 28.4 Å². The average molecular weight is 423 g/mol. The van der Waals surface area contributed by atoms with Gasteiger partial charge in [-0.15, -0.1) is 11.3 Å². The number of hydrogen-bond acceptors (Lipinski definition) is 5. The van der Waals surface area contributed by atoms with Crippen LogP contribution in [0.5, 0.6) is 0 Å². The van der Waals surface area contributed by atoms with Gasteiger partial charge in [0.25, 0.3) is 0 Å². The van der Waals surface area contributed by atoms with Crippen molar-refractivity contribution < 1.29 is 9.53 Å². The highest BCUT2D eigenvalue weighted by atomic mass is 32.1. The van der Waals surface area contributed by atoms with Gasteiger partial charge in [0.05, 0.1) is 17.8 Å². The Morgan fingerprint density at radius 3 is 2.55 bits per heavy atom. The van der Waals surface area contributed by atoms with Gasteiger partial charge in [-0.25, -0.2) is 14.8 Å². The van der Waals surface area contributed by atoms with E-state index in [9.17, 15) is 4.79 Å². The van der Waals surface area contributed by atoms with Crippen molar-refractivity contribution in [2.45, 2.75) is 72.1 Å². The SMILES string of the molecule is CCNC(=NCc1cn2ccsc2n1)NCC(CC)(CC)NC(=O)OC(C)(C)C. The first kappa shape index (κ1) is 23.0. The summed E-state index contributed by atoms with van der Waals surface area (Å²) in [7, 11) is 0. The molecule has 0 aliphatic carbocycles. The minimum Gasteiger partial charge on any atom is -0.444 e. The molecular formula is C20H34N6O2S. The highest BCUT2D eigenvalue weighted by Gasteiger charge is 2.30. The maximum atomic E-state index is 12.3. The number of ether oxygens (including phenoxy) is 1. The molecule has 0 aliphatic heterocycles. The van der Waals surface area contributed by atoms with E-state index in [1.165, 1.54) is 0 Å². The molecule has 2 heterocycles. The second-order valence-corrected chi connectivity index (χ2v) is 8.86. The smallest absolute Gasteiger partial charge is 0.408 e. The van der Waals surface area contributed by atoms with Crippen LogP contribution in [0.25, 0.3) is 4.96 Å². The monoisotopic (exact) mass is 422 g/mol. The molecule has 0 atom stereocenters. The zero-order chi connectivity index (χ0) is 21.5. The summed E-state index contributed by atoms with van der Waals surface area (Å²) < 4.78 is 7.44. The number of nitrogens with zero attached hydrogens (tertiary/aromatic N) is 3. The number of guanidine groups is 1. The lowest BCUT2D eigenvalue weighted by Crippen LogP contribution is -2.57. The van der Waals surface area contributed by atoms with Crippen LogP contribution < -0.4 is 16.0 Å². The van der Waals surface area contributed by atoms with Crippen molar-refractivity contribution in [1.29, 1.82) is 0 Å². The van der Waals surface area contributed by atoms with E-state index >= 15 is 0 Å². The van der Waals surface area contributed by atoms with Gasteiger partial charge < -0.3 is 20.7 Å². The Balaban J connectivity index is 2.02. The zero-order valence-corrected chi connectivity index (χ0v) is 19.2. The third-order valence-corrected chi connectivity index (χ3v) is 5.37. The first-order chi connectivity index (χ1) is 13.7. The van der Waals surface area contributed by atoms with E-state index in [1.807, 2.05) is 49.9 Å². The number of hydrogen-bond donors (Lipinski definition) is 3. The molecule has 0 fully saturated rings. The van der Waals surface area contributed by atoms with Crippen molar-refractivity contribution in [3.8, 4) is 0 Å².